The van der Waals surface area contributed by atoms with Gasteiger partial charge >= 0.3 is 0 Å². The predicted molar refractivity (Wildman–Crippen MR) is 205 cm³/mol. The molecule has 0 aliphatic heterocycles. The number of pyridine rings is 1. The van der Waals surface area contributed by atoms with Crippen LogP contribution in [0.4, 0.5) is 0 Å². The van der Waals surface area contributed by atoms with Crippen molar-refractivity contribution in [3.05, 3.63) is 182 Å². The van der Waals surface area contributed by atoms with E-state index in [0.717, 1.165) is 44.5 Å². The van der Waals surface area contributed by atoms with Crippen molar-refractivity contribution < 1.29 is 0 Å². The van der Waals surface area contributed by atoms with Crippen molar-refractivity contribution >= 4 is 21.5 Å². The summed E-state index contributed by atoms with van der Waals surface area (Å²) in [6.07, 6.45) is 3.75. The second-order valence-corrected chi connectivity index (χ2v) is 12.4. The van der Waals surface area contributed by atoms with E-state index in [1.54, 1.807) is 0 Å². The first-order valence-corrected chi connectivity index (χ1v) is 16.7. The minimum Gasteiger partial charge on any atom is -0.264 e. The summed E-state index contributed by atoms with van der Waals surface area (Å²) in [5.41, 5.74) is 9.49. The van der Waals surface area contributed by atoms with Crippen LogP contribution in [0.1, 0.15) is 0 Å². The van der Waals surface area contributed by atoms with Crippen LogP contribution < -0.4 is 0 Å². The molecular formula is C46H30N4. The molecule has 9 rings (SSSR count). The van der Waals surface area contributed by atoms with Crippen LogP contribution >= 0.6 is 0 Å². The van der Waals surface area contributed by atoms with E-state index in [4.69, 9.17) is 15.0 Å². The van der Waals surface area contributed by atoms with Gasteiger partial charge in [-0.3, -0.25) is 4.98 Å². The van der Waals surface area contributed by atoms with E-state index >= 15 is 0 Å². The summed E-state index contributed by atoms with van der Waals surface area (Å²) < 4.78 is 0. The minimum atomic E-state index is 0.628. The van der Waals surface area contributed by atoms with Crippen LogP contribution in [0, 0.1) is 0 Å². The van der Waals surface area contributed by atoms with Crippen molar-refractivity contribution in [2.45, 2.75) is 0 Å². The highest BCUT2D eigenvalue weighted by atomic mass is 15.0. The third kappa shape index (κ3) is 5.59. The molecule has 0 radical (unpaired) electrons. The van der Waals surface area contributed by atoms with E-state index in [1.807, 2.05) is 79.1 Å². The molecule has 0 amide bonds. The number of aromatic nitrogens is 4. The van der Waals surface area contributed by atoms with Gasteiger partial charge in [-0.15, -0.1) is 0 Å². The lowest BCUT2D eigenvalue weighted by atomic mass is 9.89. The first-order valence-electron chi connectivity index (χ1n) is 16.7. The van der Waals surface area contributed by atoms with Crippen molar-refractivity contribution in [2.24, 2.45) is 0 Å². The van der Waals surface area contributed by atoms with Crippen molar-refractivity contribution in [2.75, 3.05) is 0 Å². The van der Waals surface area contributed by atoms with Gasteiger partial charge in [0.25, 0.3) is 0 Å². The maximum atomic E-state index is 5.00. The van der Waals surface area contributed by atoms with E-state index in [9.17, 15) is 0 Å². The molecule has 0 N–H and O–H groups in total. The molecule has 234 valence electrons. The summed E-state index contributed by atoms with van der Waals surface area (Å²) in [7, 11) is 0. The number of nitrogens with zero attached hydrogens (tertiary/aromatic N) is 4. The Balaban J connectivity index is 1.23. The Bertz CT molecular complexity index is 2580. The zero-order chi connectivity index (χ0) is 33.3. The molecule has 2 heterocycles. The second-order valence-electron chi connectivity index (χ2n) is 12.4. The SMILES string of the molecule is c1ccc(-c2nc(-c3ccccc3)nc(-c3cccc(-c4cc(-c5cccnc5)cc(-c5cc6ccccc6c6ccccc56)c4)c3)n2)cc1. The van der Waals surface area contributed by atoms with Gasteiger partial charge in [0.05, 0.1) is 0 Å². The van der Waals surface area contributed by atoms with Crippen LogP contribution in [-0.4, -0.2) is 19.9 Å². The summed E-state index contributed by atoms with van der Waals surface area (Å²) in [4.78, 5) is 19.3. The predicted octanol–water partition coefficient (Wildman–Crippen LogP) is 11.6. The van der Waals surface area contributed by atoms with Gasteiger partial charge in [0.2, 0.25) is 0 Å². The maximum Gasteiger partial charge on any atom is 0.164 e. The van der Waals surface area contributed by atoms with Gasteiger partial charge in [-0.1, -0.05) is 133 Å². The monoisotopic (exact) mass is 638 g/mol. The molecule has 0 aliphatic rings. The highest BCUT2D eigenvalue weighted by Crippen LogP contribution is 2.39. The zero-order valence-electron chi connectivity index (χ0n) is 27.1. The van der Waals surface area contributed by atoms with Crippen LogP contribution in [0.2, 0.25) is 0 Å². The van der Waals surface area contributed by atoms with Gasteiger partial charge < -0.3 is 0 Å². The number of rotatable bonds is 6. The Labute approximate surface area is 290 Å². The van der Waals surface area contributed by atoms with Crippen molar-refractivity contribution in [3.8, 4) is 67.5 Å². The largest absolute Gasteiger partial charge is 0.264 e. The van der Waals surface area contributed by atoms with Crippen LogP contribution in [-0.2, 0) is 0 Å². The summed E-state index contributed by atoms with van der Waals surface area (Å²) in [6.45, 7) is 0. The fourth-order valence-electron chi connectivity index (χ4n) is 6.72. The Morgan fingerprint density at radius 1 is 0.300 bits per heavy atom. The summed E-state index contributed by atoms with van der Waals surface area (Å²) in [5.74, 6) is 1.91. The van der Waals surface area contributed by atoms with Crippen LogP contribution in [0.15, 0.2) is 182 Å². The average molecular weight is 639 g/mol. The van der Waals surface area contributed by atoms with E-state index < -0.39 is 0 Å². The Morgan fingerprint density at radius 3 is 1.48 bits per heavy atom. The van der Waals surface area contributed by atoms with Crippen LogP contribution in [0.3, 0.4) is 0 Å². The van der Waals surface area contributed by atoms with Gasteiger partial charge in [-0.05, 0) is 85.8 Å². The van der Waals surface area contributed by atoms with Crippen LogP contribution in [0.25, 0.3) is 89.1 Å². The molecule has 9 aromatic rings. The first kappa shape index (κ1) is 29.4. The van der Waals surface area contributed by atoms with E-state index in [-0.39, 0.29) is 0 Å². The van der Waals surface area contributed by atoms with Crippen molar-refractivity contribution in [1.82, 2.24) is 19.9 Å². The fourth-order valence-corrected chi connectivity index (χ4v) is 6.72. The molecule has 0 saturated heterocycles. The standard InChI is InChI=1S/C46H30N4/c1-3-13-31(14-4-1)44-48-45(32-15-5-2-6-16-32)50-46(49-44)35-19-11-18-33(25-35)37-26-38(36-20-12-24-47-30-36)28-39(27-37)43-29-34-17-7-8-21-40(34)41-22-9-10-23-42(41)43/h1-30H. The molecule has 50 heavy (non-hydrogen) atoms. The lowest BCUT2D eigenvalue weighted by Crippen LogP contribution is -2.00. The lowest BCUT2D eigenvalue weighted by molar-refractivity contribution is 1.07. The summed E-state index contributed by atoms with van der Waals surface area (Å²) in [6, 6.07) is 59.2. The average Bonchev–Trinajstić information content (AvgIpc) is 3.21. The number of hydrogen-bond donors (Lipinski definition) is 0. The number of benzene rings is 7. The first-order chi connectivity index (χ1) is 24.8. The zero-order valence-corrected chi connectivity index (χ0v) is 27.1. The number of hydrogen-bond acceptors (Lipinski definition) is 4. The quantitative estimate of drug-likeness (QED) is 0.170. The molecule has 0 saturated carbocycles. The maximum absolute atomic E-state index is 5.00. The van der Waals surface area contributed by atoms with Gasteiger partial charge in [-0.25, -0.2) is 15.0 Å². The third-order valence-corrected chi connectivity index (χ3v) is 9.16. The van der Waals surface area contributed by atoms with Crippen LogP contribution in [0.5, 0.6) is 0 Å². The van der Waals surface area contributed by atoms with Gasteiger partial charge in [0.1, 0.15) is 0 Å². The topological polar surface area (TPSA) is 51.6 Å². The molecule has 0 fully saturated rings. The lowest BCUT2D eigenvalue weighted by Gasteiger charge is -2.15. The smallest absolute Gasteiger partial charge is 0.164 e. The molecule has 0 aliphatic carbocycles. The van der Waals surface area contributed by atoms with E-state index in [1.165, 1.54) is 27.1 Å². The molecule has 7 aromatic carbocycles. The van der Waals surface area contributed by atoms with Crippen molar-refractivity contribution in [1.29, 1.82) is 0 Å². The van der Waals surface area contributed by atoms with Gasteiger partial charge in [-0.2, -0.15) is 0 Å². The summed E-state index contributed by atoms with van der Waals surface area (Å²) >= 11 is 0. The normalized spacial score (nSPS) is 11.2. The Morgan fingerprint density at radius 2 is 0.800 bits per heavy atom. The molecule has 0 spiro atoms. The molecule has 2 aromatic heterocycles. The highest BCUT2D eigenvalue weighted by Gasteiger charge is 2.15. The molecule has 4 nitrogen and oxygen atoms in total. The molecule has 0 bridgehead atoms. The molecule has 4 heteroatoms. The molecular weight excluding hydrogens is 609 g/mol. The Hall–Kier alpha value is -6.78. The highest BCUT2D eigenvalue weighted by molar-refractivity contribution is 6.14. The van der Waals surface area contributed by atoms with E-state index in [2.05, 4.69) is 108 Å². The van der Waals surface area contributed by atoms with Gasteiger partial charge in [0.15, 0.2) is 17.5 Å². The molecule has 0 unspecified atom stereocenters. The van der Waals surface area contributed by atoms with Gasteiger partial charge in [0, 0.05) is 34.6 Å². The number of fused-ring (bicyclic) bond motifs is 3. The van der Waals surface area contributed by atoms with Crippen molar-refractivity contribution in [3.63, 3.8) is 0 Å². The molecule has 0 atom stereocenters. The third-order valence-electron chi connectivity index (χ3n) is 9.16. The Kier molecular flexibility index (Phi) is 7.45. The fraction of sp³-hybridized carbons (Fsp3) is 0. The minimum absolute atomic E-state index is 0.628. The summed E-state index contributed by atoms with van der Waals surface area (Å²) in [5, 5.41) is 4.94. The van der Waals surface area contributed by atoms with E-state index in [0.29, 0.717) is 17.5 Å². The second kappa shape index (κ2) is 12.7.